The predicted octanol–water partition coefficient (Wildman–Crippen LogP) is 5.27. The number of amides is 2. The summed E-state index contributed by atoms with van der Waals surface area (Å²) in [6.45, 7) is 5.34. The quantitative estimate of drug-likeness (QED) is 0.277. The third kappa shape index (κ3) is 7.00. The molecule has 0 spiro atoms. The van der Waals surface area contributed by atoms with Gasteiger partial charge in [-0.3, -0.25) is 0 Å². The number of rotatable bonds is 5. The molecule has 3 heterocycles. The van der Waals surface area contributed by atoms with Crippen LogP contribution in [0.1, 0.15) is 26.7 Å². The second kappa shape index (κ2) is 12.7. The number of halogens is 1. The van der Waals surface area contributed by atoms with Crippen LogP contribution in [-0.4, -0.2) is 58.0 Å². The number of hydrogen-bond acceptors (Lipinski definition) is 6. The van der Waals surface area contributed by atoms with Gasteiger partial charge in [0, 0.05) is 35.8 Å². The Labute approximate surface area is 227 Å². The van der Waals surface area contributed by atoms with Crippen LogP contribution in [0.2, 0.25) is 5.02 Å². The van der Waals surface area contributed by atoms with Gasteiger partial charge in [-0.05, 0) is 63.6 Å². The van der Waals surface area contributed by atoms with E-state index in [1.54, 1.807) is 37.0 Å². The van der Waals surface area contributed by atoms with E-state index in [1.807, 2.05) is 55.6 Å². The van der Waals surface area contributed by atoms with E-state index < -0.39 is 0 Å². The number of carbonyl (C=O) groups is 1. The number of aliphatic hydroxyl groups is 1. The molecule has 10 heteroatoms. The molecule has 5 rings (SSSR count). The van der Waals surface area contributed by atoms with Gasteiger partial charge in [-0.15, -0.1) is 0 Å². The maximum absolute atomic E-state index is 12.8. The molecule has 2 aromatic carbocycles. The summed E-state index contributed by atoms with van der Waals surface area (Å²) in [5, 5.41) is 22.3. The third-order valence-electron chi connectivity index (χ3n) is 6.17. The fraction of sp³-hybridized carbons (Fsp3) is 0.321. The van der Waals surface area contributed by atoms with Crippen LogP contribution in [0.3, 0.4) is 0 Å². The molecule has 200 valence electrons. The fourth-order valence-corrected chi connectivity index (χ4v) is 4.45. The molecule has 0 aliphatic carbocycles. The highest BCUT2D eigenvalue weighted by Gasteiger charge is 2.20. The summed E-state index contributed by atoms with van der Waals surface area (Å²) in [6, 6.07) is 15.6. The molecule has 1 aliphatic heterocycles. The van der Waals surface area contributed by atoms with Gasteiger partial charge in [-0.25, -0.2) is 14.3 Å². The van der Waals surface area contributed by atoms with E-state index in [-0.39, 0.29) is 12.1 Å². The number of aliphatic hydroxyl groups excluding tert-OH is 1. The third-order valence-corrected chi connectivity index (χ3v) is 6.42. The number of fused-ring (bicyclic) bond motifs is 1. The van der Waals surface area contributed by atoms with Crippen LogP contribution in [0.15, 0.2) is 67.1 Å². The second-order valence-corrected chi connectivity index (χ2v) is 9.85. The van der Waals surface area contributed by atoms with Crippen LogP contribution in [0.4, 0.5) is 21.9 Å². The molecular formula is C28H34ClN7O2. The summed E-state index contributed by atoms with van der Waals surface area (Å²) in [6.07, 6.45) is 7.11. The molecule has 1 fully saturated rings. The number of urea groups is 1. The summed E-state index contributed by atoms with van der Waals surface area (Å²) >= 11 is 6.00. The first kappa shape index (κ1) is 27.4. The number of aromatic nitrogens is 3. The highest BCUT2D eigenvalue weighted by atomic mass is 35.5. The molecule has 4 N–H and O–H groups in total. The summed E-state index contributed by atoms with van der Waals surface area (Å²) in [7, 11) is 2.01. The Kier molecular flexibility index (Phi) is 9.17. The van der Waals surface area contributed by atoms with E-state index in [1.165, 1.54) is 0 Å². The Morgan fingerprint density at radius 3 is 2.42 bits per heavy atom. The molecule has 0 unspecified atom stereocenters. The first-order valence-corrected chi connectivity index (χ1v) is 13.1. The van der Waals surface area contributed by atoms with Gasteiger partial charge in [-0.1, -0.05) is 35.9 Å². The molecule has 2 amide bonds. The molecule has 1 aliphatic rings. The van der Waals surface area contributed by atoms with Gasteiger partial charge in [0.05, 0.1) is 35.7 Å². The topological polar surface area (TPSA) is 107 Å². The number of nitrogens with one attached hydrogen (secondary N) is 3. The number of anilines is 3. The van der Waals surface area contributed by atoms with Crippen LogP contribution in [0, 0.1) is 0 Å². The zero-order valence-corrected chi connectivity index (χ0v) is 22.6. The molecule has 9 nitrogen and oxygen atoms in total. The Morgan fingerprint density at radius 1 is 1.05 bits per heavy atom. The Morgan fingerprint density at radius 2 is 1.74 bits per heavy atom. The number of carbonyl (C=O) groups excluding carboxylic acids is 1. The van der Waals surface area contributed by atoms with Crippen molar-refractivity contribution in [1.82, 2.24) is 19.9 Å². The molecule has 0 radical (unpaired) electrons. The number of nitrogens with zero attached hydrogens (tertiary/aromatic N) is 4. The van der Waals surface area contributed by atoms with Crippen LogP contribution in [0.25, 0.3) is 16.8 Å². The number of hydrogen-bond donors (Lipinski definition) is 4. The van der Waals surface area contributed by atoms with Crippen molar-refractivity contribution in [3.63, 3.8) is 0 Å². The van der Waals surface area contributed by atoms with Gasteiger partial charge in [0.25, 0.3) is 0 Å². The van der Waals surface area contributed by atoms with Crippen LogP contribution >= 0.6 is 11.6 Å². The fourth-order valence-electron chi connectivity index (χ4n) is 4.32. The first-order valence-electron chi connectivity index (χ1n) is 12.7. The van der Waals surface area contributed by atoms with Crippen molar-refractivity contribution in [2.75, 3.05) is 35.7 Å². The standard InChI is InChI=1S/C25H26ClN7O.C3H8O/c1-27-19-10-12-32(13-11-19)23-5-3-2-4-22(23)31-25(34)30-20-14-28-24-21(15-29-33(24)16-20)17-6-8-18(26)9-7-17;1-3(2)4/h2-9,14-16,19,27H,10-13H2,1H3,(H2,30,31,34);3-4H,1-2H3. The number of para-hydroxylation sites is 2. The highest BCUT2D eigenvalue weighted by Crippen LogP contribution is 2.29. The molecule has 4 aromatic rings. The zero-order valence-electron chi connectivity index (χ0n) is 21.9. The second-order valence-electron chi connectivity index (χ2n) is 9.42. The Bertz CT molecular complexity index is 1350. The first-order chi connectivity index (χ1) is 18.3. The van der Waals surface area contributed by atoms with Gasteiger partial charge in [0.15, 0.2) is 5.65 Å². The van der Waals surface area contributed by atoms with Crippen LogP contribution in [0.5, 0.6) is 0 Å². The molecule has 0 saturated carbocycles. The lowest BCUT2D eigenvalue weighted by molar-refractivity contribution is 0.216. The van der Waals surface area contributed by atoms with Crippen LogP contribution in [-0.2, 0) is 0 Å². The Hall–Kier alpha value is -3.66. The smallest absolute Gasteiger partial charge is 0.323 e. The molecule has 2 aromatic heterocycles. The van der Waals surface area contributed by atoms with Crippen molar-refractivity contribution in [2.24, 2.45) is 0 Å². The van der Waals surface area contributed by atoms with Crippen molar-refractivity contribution in [3.8, 4) is 11.1 Å². The van der Waals surface area contributed by atoms with Crippen molar-refractivity contribution in [1.29, 1.82) is 0 Å². The largest absolute Gasteiger partial charge is 0.394 e. The SMILES string of the molecule is CC(C)O.CNC1CCN(c2ccccc2NC(=O)Nc2cnc3c(-c4ccc(Cl)cc4)cnn3c2)CC1. The molecule has 1 saturated heterocycles. The summed E-state index contributed by atoms with van der Waals surface area (Å²) < 4.78 is 1.65. The molecule has 38 heavy (non-hydrogen) atoms. The lowest BCUT2D eigenvalue weighted by Gasteiger charge is -2.34. The Balaban J connectivity index is 0.000000786. The van der Waals surface area contributed by atoms with E-state index in [0.29, 0.717) is 22.4 Å². The molecule has 0 bridgehead atoms. The van der Waals surface area contributed by atoms with Crippen LogP contribution < -0.4 is 20.9 Å². The molecular weight excluding hydrogens is 502 g/mol. The highest BCUT2D eigenvalue weighted by molar-refractivity contribution is 6.30. The minimum absolute atomic E-state index is 0.167. The van der Waals surface area contributed by atoms with E-state index >= 15 is 0 Å². The van der Waals surface area contributed by atoms with Gasteiger partial charge >= 0.3 is 6.03 Å². The lowest BCUT2D eigenvalue weighted by Crippen LogP contribution is -2.41. The van der Waals surface area contributed by atoms with E-state index in [2.05, 4.69) is 30.9 Å². The summed E-state index contributed by atoms with van der Waals surface area (Å²) in [5.41, 5.74) is 4.91. The van der Waals surface area contributed by atoms with Gasteiger partial charge in [0.1, 0.15) is 0 Å². The van der Waals surface area contributed by atoms with Gasteiger partial charge in [-0.2, -0.15) is 5.10 Å². The van der Waals surface area contributed by atoms with Crippen molar-refractivity contribution >= 4 is 40.3 Å². The minimum atomic E-state index is -0.330. The summed E-state index contributed by atoms with van der Waals surface area (Å²) in [5.74, 6) is 0. The monoisotopic (exact) mass is 535 g/mol. The number of benzene rings is 2. The van der Waals surface area contributed by atoms with Crippen molar-refractivity contribution < 1.29 is 9.90 Å². The minimum Gasteiger partial charge on any atom is -0.394 e. The lowest BCUT2D eigenvalue weighted by atomic mass is 10.0. The van der Waals surface area contributed by atoms with Gasteiger partial charge < -0.3 is 26.0 Å². The van der Waals surface area contributed by atoms with E-state index in [4.69, 9.17) is 16.7 Å². The number of piperidine rings is 1. The van der Waals surface area contributed by atoms with E-state index in [0.717, 1.165) is 48.4 Å². The summed E-state index contributed by atoms with van der Waals surface area (Å²) in [4.78, 5) is 19.6. The van der Waals surface area contributed by atoms with Crippen molar-refractivity contribution in [2.45, 2.75) is 38.8 Å². The molecule has 0 atom stereocenters. The van der Waals surface area contributed by atoms with Gasteiger partial charge in [0.2, 0.25) is 0 Å². The van der Waals surface area contributed by atoms with E-state index in [9.17, 15) is 4.79 Å². The zero-order chi connectivity index (χ0) is 27.1. The maximum Gasteiger partial charge on any atom is 0.323 e. The average Bonchev–Trinajstić information content (AvgIpc) is 3.32. The average molecular weight is 536 g/mol. The normalized spacial score (nSPS) is 13.8. The van der Waals surface area contributed by atoms with Crippen molar-refractivity contribution in [3.05, 3.63) is 72.1 Å². The maximum atomic E-state index is 12.8. The predicted molar refractivity (Wildman–Crippen MR) is 154 cm³/mol.